The molecule has 3 atom stereocenters. The molecule has 0 aliphatic heterocycles. The van der Waals surface area contributed by atoms with Gasteiger partial charge in [-0.05, 0) is 6.92 Å². The van der Waals surface area contributed by atoms with Crippen molar-refractivity contribution in [2.24, 2.45) is 5.73 Å². The zero-order valence-corrected chi connectivity index (χ0v) is 8.88. The lowest BCUT2D eigenvalue weighted by atomic mass is 10.3. The van der Waals surface area contributed by atoms with Crippen LogP contribution in [-0.2, 0) is 13.9 Å². The van der Waals surface area contributed by atoms with Gasteiger partial charge in [-0.2, -0.15) is 0 Å². The summed E-state index contributed by atoms with van der Waals surface area (Å²) in [6.07, 6.45) is -1.91. The van der Waals surface area contributed by atoms with E-state index in [1.165, 1.54) is 13.6 Å². The van der Waals surface area contributed by atoms with Gasteiger partial charge in [0, 0.05) is 6.66 Å². The van der Waals surface area contributed by atoms with Crippen molar-refractivity contribution >= 4 is 13.3 Å². The molecule has 0 radical (unpaired) electrons. The number of carbonyl (C=O) groups excluding carboxylic acids is 1. The minimum absolute atomic E-state index is 0.226. The fourth-order valence-corrected chi connectivity index (χ4v) is 2.22. The van der Waals surface area contributed by atoms with Crippen LogP contribution < -0.4 is 5.73 Å². The summed E-state index contributed by atoms with van der Waals surface area (Å²) in [7, 11) is -3.07. The van der Waals surface area contributed by atoms with Gasteiger partial charge in [0.25, 0.3) is 5.91 Å². The third-order valence-electron chi connectivity index (χ3n) is 1.82. The maximum atomic E-state index is 13.0. The standard InChI is InChI=1S/C7H15FNO3P/c1-4-12-13(3,11)5(2)6(8)7(9)10/h5-6H,4H2,1-3H3,(H2,9,10). The summed E-state index contributed by atoms with van der Waals surface area (Å²) in [5.41, 5.74) is 3.76. The van der Waals surface area contributed by atoms with Crippen LogP contribution >= 0.6 is 7.37 Å². The summed E-state index contributed by atoms with van der Waals surface area (Å²) in [6.45, 7) is 4.53. The Kier molecular flexibility index (Phi) is 4.57. The first-order valence-electron chi connectivity index (χ1n) is 3.98. The third kappa shape index (κ3) is 3.44. The molecular formula is C7H15FNO3P. The first kappa shape index (κ1) is 12.6. The van der Waals surface area contributed by atoms with Crippen LogP contribution in [0.1, 0.15) is 13.8 Å². The van der Waals surface area contributed by atoms with E-state index >= 15 is 0 Å². The smallest absolute Gasteiger partial charge is 0.252 e. The van der Waals surface area contributed by atoms with Crippen LogP contribution in [0.2, 0.25) is 0 Å². The molecule has 0 aromatic heterocycles. The molecule has 0 aliphatic carbocycles. The molecular weight excluding hydrogens is 196 g/mol. The maximum absolute atomic E-state index is 13.0. The fourth-order valence-electron chi connectivity index (χ4n) is 0.849. The van der Waals surface area contributed by atoms with Gasteiger partial charge >= 0.3 is 0 Å². The Bertz CT molecular complexity index is 234. The minimum Gasteiger partial charge on any atom is -0.367 e. The fraction of sp³-hybridized carbons (Fsp3) is 0.857. The lowest BCUT2D eigenvalue weighted by Gasteiger charge is -2.21. The van der Waals surface area contributed by atoms with Gasteiger partial charge in [-0.1, -0.05) is 6.92 Å². The second-order valence-electron chi connectivity index (χ2n) is 2.87. The van der Waals surface area contributed by atoms with Crippen LogP contribution in [0.15, 0.2) is 0 Å². The monoisotopic (exact) mass is 211 g/mol. The van der Waals surface area contributed by atoms with Crippen LogP contribution in [0.3, 0.4) is 0 Å². The second kappa shape index (κ2) is 4.72. The van der Waals surface area contributed by atoms with Gasteiger partial charge in [0.2, 0.25) is 7.37 Å². The molecule has 78 valence electrons. The van der Waals surface area contributed by atoms with E-state index in [1.54, 1.807) is 6.92 Å². The highest BCUT2D eigenvalue weighted by atomic mass is 31.2. The third-order valence-corrected chi connectivity index (χ3v) is 4.33. The lowest BCUT2D eigenvalue weighted by molar-refractivity contribution is -0.122. The summed E-state index contributed by atoms with van der Waals surface area (Å²) in [6, 6.07) is 0. The average Bonchev–Trinajstić information content (AvgIpc) is 2.01. The largest absolute Gasteiger partial charge is 0.367 e. The van der Waals surface area contributed by atoms with Gasteiger partial charge in [0.05, 0.1) is 12.3 Å². The Balaban J connectivity index is 4.48. The summed E-state index contributed by atoms with van der Waals surface area (Å²) in [5.74, 6) is -1.10. The molecule has 0 heterocycles. The lowest BCUT2D eigenvalue weighted by Crippen LogP contribution is -2.33. The molecule has 0 saturated carbocycles. The highest BCUT2D eigenvalue weighted by Gasteiger charge is 2.35. The number of hydrogen-bond donors (Lipinski definition) is 1. The molecule has 2 N–H and O–H groups in total. The Morgan fingerprint density at radius 2 is 2.15 bits per heavy atom. The van der Waals surface area contributed by atoms with E-state index in [9.17, 15) is 13.8 Å². The van der Waals surface area contributed by atoms with Gasteiger partial charge < -0.3 is 10.3 Å². The van der Waals surface area contributed by atoms with Gasteiger partial charge in [0.15, 0.2) is 6.17 Å². The van der Waals surface area contributed by atoms with E-state index in [0.29, 0.717) is 0 Å². The van der Waals surface area contributed by atoms with Crippen molar-refractivity contribution in [1.29, 1.82) is 0 Å². The quantitative estimate of drug-likeness (QED) is 0.693. The van der Waals surface area contributed by atoms with Crippen LogP contribution in [-0.4, -0.2) is 31.0 Å². The van der Waals surface area contributed by atoms with E-state index in [4.69, 9.17) is 10.3 Å². The van der Waals surface area contributed by atoms with E-state index in [1.807, 2.05) is 0 Å². The van der Waals surface area contributed by atoms with E-state index < -0.39 is 25.1 Å². The summed E-state index contributed by atoms with van der Waals surface area (Å²) in [4.78, 5) is 10.5. The van der Waals surface area contributed by atoms with Crippen molar-refractivity contribution in [1.82, 2.24) is 0 Å². The van der Waals surface area contributed by atoms with Crippen molar-refractivity contribution in [2.75, 3.05) is 13.3 Å². The Morgan fingerprint density at radius 1 is 1.69 bits per heavy atom. The molecule has 0 rings (SSSR count). The summed E-state index contributed by atoms with van der Waals surface area (Å²) >= 11 is 0. The highest BCUT2D eigenvalue weighted by molar-refractivity contribution is 7.59. The predicted molar refractivity (Wildman–Crippen MR) is 48.7 cm³/mol. The predicted octanol–water partition coefficient (Wildman–Crippen LogP) is 1.14. The number of primary amides is 1. The Labute approximate surface area is 77.1 Å². The molecule has 0 aromatic carbocycles. The van der Waals surface area contributed by atoms with Gasteiger partial charge in [-0.15, -0.1) is 0 Å². The zero-order valence-electron chi connectivity index (χ0n) is 7.99. The average molecular weight is 211 g/mol. The number of amides is 1. The zero-order chi connectivity index (χ0) is 10.6. The Morgan fingerprint density at radius 3 is 2.46 bits per heavy atom. The van der Waals surface area contributed by atoms with Crippen LogP contribution in [0.4, 0.5) is 4.39 Å². The summed E-state index contributed by atoms with van der Waals surface area (Å²) < 4.78 is 29.5. The number of rotatable bonds is 5. The Hall–Kier alpha value is -0.410. The maximum Gasteiger partial charge on any atom is 0.252 e. The van der Waals surface area contributed by atoms with Crippen LogP contribution in [0.25, 0.3) is 0 Å². The van der Waals surface area contributed by atoms with E-state index in [-0.39, 0.29) is 6.61 Å². The van der Waals surface area contributed by atoms with Crippen molar-refractivity contribution in [2.45, 2.75) is 25.7 Å². The molecule has 1 amide bonds. The van der Waals surface area contributed by atoms with E-state index in [2.05, 4.69) is 0 Å². The number of carbonyl (C=O) groups is 1. The molecule has 6 heteroatoms. The number of halogens is 1. The summed E-state index contributed by atoms with van der Waals surface area (Å²) in [5, 5.41) is 0. The molecule has 13 heavy (non-hydrogen) atoms. The van der Waals surface area contributed by atoms with Gasteiger partial charge in [0.1, 0.15) is 0 Å². The van der Waals surface area contributed by atoms with Crippen molar-refractivity contribution in [3.05, 3.63) is 0 Å². The molecule has 0 spiro atoms. The van der Waals surface area contributed by atoms with Crippen molar-refractivity contribution in [3.63, 3.8) is 0 Å². The van der Waals surface area contributed by atoms with Crippen LogP contribution in [0, 0.1) is 0 Å². The molecule has 3 unspecified atom stereocenters. The van der Waals surface area contributed by atoms with Gasteiger partial charge in [-0.25, -0.2) is 4.39 Å². The van der Waals surface area contributed by atoms with Crippen LogP contribution in [0.5, 0.6) is 0 Å². The normalized spacial score (nSPS) is 20.3. The molecule has 0 aliphatic rings. The minimum atomic E-state index is -3.07. The van der Waals surface area contributed by atoms with Crippen molar-refractivity contribution < 1.29 is 18.3 Å². The van der Waals surface area contributed by atoms with E-state index in [0.717, 1.165) is 0 Å². The molecule has 4 nitrogen and oxygen atoms in total. The molecule has 0 aromatic rings. The molecule has 0 saturated heterocycles. The van der Waals surface area contributed by atoms with Gasteiger partial charge in [-0.3, -0.25) is 9.36 Å². The molecule has 0 fully saturated rings. The number of hydrogen-bond acceptors (Lipinski definition) is 3. The number of nitrogens with two attached hydrogens (primary N) is 1. The van der Waals surface area contributed by atoms with Crippen molar-refractivity contribution in [3.8, 4) is 0 Å². The number of alkyl halides is 1. The first-order chi connectivity index (χ1) is 5.83. The topological polar surface area (TPSA) is 69.4 Å². The SMILES string of the molecule is CCOP(C)(=O)C(C)C(F)C(N)=O. The molecule has 0 bridgehead atoms. The second-order valence-corrected chi connectivity index (χ2v) is 5.76. The first-order valence-corrected chi connectivity index (χ1v) is 6.12. The highest BCUT2D eigenvalue weighted by Crippen LogP contribution is 2.49.